The number of hydrogen-bond acceptors (Lipinski definition) is 3. The maximum Gasteiger partial charge on any atom is 0.0949 e. The molecule has 3 nitrogen and oxygen atoms in total. The van der Waals surface area contributed by atoms with Gasteiger partial charge in [0.1, 0.15) is 0 Å². The average molecular weight is 289 g/mol. The van der Waals surface area contributed by atoms with Gasteiger partial charge in [-0.3, -0.25) is 4.98 Å². The fourth-order valence-electron chi connectivity index (χ4n) is 2.35. The highest BCUT2D eigenvalue weighted by atomic mass is 35.5. The largest absolute Gasteiger partial charge is 0.371 e. The summed E-state index contributed by atoms with van der Waals surface area (Å²) in [7, 11) is 0. The summed E-state index contributed by atoms with van der Waals surface area (Å²) in [5, 5.41) is 4.02. The first-order chi connectivity index (χ1) is 9.81. The lowest BCUT2D eigenvalue weighted by molar-refractivity contribution is 0.0277. The fourth-order valence-corrected chi connectivity index (χ4v) is 2.46. The minimum absolute atomic E-state index is 0.173. The van der Waals surface area contributed by atoms with Gasteiger partial charge in [0, 0.05) is 31.4 Å². The summed E-state index contributed by atoms with van der Waals surface area (Å²) in [6.07, 6.45) is 2.68. The monoisotopic (exact) mass is 288 g/mol. The lowest BCUT2D eigenvalue weighted by atomic mass is 10.0. The Hall–Kier alpha value is -1.42. The van der Waals surface area contributed by atoms with Gasteiger partial charge in [-0.2, -0.15) is 0 Å². The normalized spacial score (nSPS) is 18.9. The SMILES string of the molecule is Clc1ccc(Cc2ccc(C3CNCCO3)cc2)nc1. The molecule has 0 amide bonds. The van der Waals surface area contributed by atoms with E-state index in [0.717, 1.165) is 31.8 Å². The van der Waals surface area contributed by atoms with Crippen molar-refractivity contribution in [3.05, 3.63) is 64.4 Å². The smallest absolute Gasteiger partial charge is 0.0949 e. The van der Waals surface area contributed by atoms with Gasteiger partial charge in [0.25, 0.3) is 0 Å². The van der Waals surface area contributed by atoms with Crippen molar-refractivity contribution in [3.8, 4) is 0 Å². The van der Waals surface area contributed by atoms with E-state index in [0.29, 0.717) is 5.02 Å². The number of pyridine rings is 1. The molecule has 0 aliphatic carbocycles. The molecule has 1 aliphatic heterocycles. The molecule has 104 valence electrons. The summed E-state index contributed by atoms with van der Waals surface area (Å²) in [5.41, 5.74) is 3.50. The van der Waals surface area contributed by atoms with Crippen LogP contribution in [-0.2, 0) is 11.2 Å². The first kappa shape index (κ1) is 13.6. The van der Waals surface area contributed by atoms with Crippen molar-refractivity contribution < 1.29 is 4.74 Å². The molecule has 1 fully saturated rings. The Kier molecular flexibility index (Phi) is 4.31. The zero-order chi connectivity index (χ0) is 13.8. The number of halogens is 1. The second kappa shape index (κ2) is 6.35. The van der Waals surface area contributed by atoms with Crippen LogP contribution in [0.5, 0.6) is 0 Å². The molecule has 0 bridgehead atoms. The van der Waals surface area contributed by atoms with Gasteiger partial charge in [-0.25, -0.2) is 0 Å². The van der Waals surface area contributed by atoms with Crippen molar-refractivity contribution in [2.45, 2.75) is 12.5 Å². The summed E-state index contributed by atoms with van der Waals surface area (Å²) < 4.78 is 5.75. The molecular weight excluding hydrogens is 272 g/mol. The molecule has 1 saturated heterocycles. The molecule has 20 heavy (non-hydrogen) atoms. The van der Waals surface area contributed by atoms with E-state index < -0.39 is 0 Å². The van der Waals surface area contributed by atoms with Crippen LogP contribution in [-0.4, -0.2) is 24.7 Å². The number of benzene rings is 1. The molecule has 2 aromatic rings. The van der Waals surface area contributed by atoms with Crippen LogP contribution >= 0.6 is 11.6 Å². The minimum Gasteiger partial charge on any atom is -0.371 e. The molecule has 1 atom stereocenters. The maximum atomic E-state index is 5.84. The second-order valence-corrected chi connectivity index (χ2v) is 5.39. The summed E-state index contributed by atoms with van der Waals surface area (Å²) >= 11 is 5.84. The summed E-state index contributed by atoms with van der Waals surface area (Å²) in [6.45, 7) is 2.61. The van der Waals surface area contributed by atoms with Crippen LogP contribution < -0.4 is 5.32 Å². The molecule has 4 heteroatoms. The zero-order valence-corrected chi connectivity index (χ0v) is 11.9. The zero-order valence-electron chi connectivity index (χ0n) is 11.2. The van der Waals surface area contributed by atoms with Crippen LogP contribution in [0, 0.1) is 0 Å². The Labute approximate surface area is 123 Å². The molecule has 3 rings (SSSR count). The van der Waals surface area contributed by atoms with Crippen LogP contribution in [0.1, 0.15) is 22.9 Å². The molecule has 1 unspecified atom stereocenters. The van der Waals surface area contributed by atoms with Gasteiger partial charge >= 0.3 is 0 Å². The standard InChI is InChI=1S/C16H17ClN2O/c17-14-5-6-15(19-10-14)9-12-1-3-13(4-2-12)16-11-18-7-8-20-16/h1-6,10,16,18H,7-9,11H2. The predicted octanol–water partition coefficient (Wildman–Crippen LogP) is 2.99. The summed E-state index contributed by atoms with van der Waals surface area (Å²) in [4.78, 5) is 4.32. The van der Waals surface area contributed by atoms with Crippen LogP contribution in [0.2, 0.25) is 5.02 Å². The highest BCUT2D eigenvalue weighted by Crippen LogP contribution is 2.20. The van der Waals surface area contributed by atoms with E-state index in [1.807, 2.05) is 12.1 Å². The van der Waals surface area contributed by atoms with Crippen molar-refractivity contribution in [2.75, 3.05) is 19.7 Å². The first-order valence-corrected chi connectivity index (χ1v) is 7.20. The second-order valence-electron chi connectivity index (χ2n) is 4.95. The number of nitrogens with one attached hydrogen (secondary N) is 1. The van der Waals surface area contributed by atoms with Crippen molar-refractivity contribution in [3.63, 3.8) is 0 Å². The van der Waals surface area contributed by atoms with Gasteiger partial charge in [0.05, 0.1) is 17.7 Å². The lowest BCUT2D eigenvalue weighted by Gasteiger charge is -2.24. The Bertz CT molecular complexity index is 548. The first-order valence-electron chi connectivity index (χ1n) is 6.83. The van der Waals surface area contributed by atoms with E-state index in [2.05, 4.69) is 34.6 Å². The van der Waals surface area contributed by atoms with E-state index in [-0.39, 0.29) is 6.10 Å². The Balaban J connectivity index is 1.67. The molecule has 1 aliphatic rings. The van der Waals surface area contributed by atoms with Crippen LogP contribution in [0.4, 0.5) is 0 Å². The van der Waals surface area contributed by atoms with Gasteiger partial charge in [-0.15, -0.1) is 0 Å². The van der Waals surface area contributed by atoms with Crippen LogP contribution in [0.25, 0.3) is 0 Å². The molecule has 1 N–H and O–H groups in total. The van der Waals surface area contributed by atoms with Crippen LogP contribution in [0.15, 0.2) is 42.6 Å². The van der Waals surface area contributed by atoms with Crippen molar-refractivity contribution in [1.29, 1.82) is 0 Å². The average Bonchev–Trinajstić information content (AvgIpc) is 2.51. The number of aromatic nitrogens is 1. The third-order valence-corrected chi connectivity index (χ3v) is 3.68. The fraction of sp³-hybridized carbons (Fsp3) is 0.312. The number of nitrogens with zero attached hydrogens (tertiary/aromatic N) is 1. The van der Waals surface area contributed by atoms with Gasteiger partial charge in [-0.05, 0) is 23.3 Å². The molecule has 1 aromatic heterocycles. The van der Waals surface area contributed by atoms with Crippen LogP contribution in [0.3, 0.4) is 0 Å². The van der Waals surface area contributed by atoms with Crippen molar-refractivity contribution in [2.24, 2.45) is 0 Å². The van der Waals surface area contributed by atoms with Crippen molar-refractivity contribution >= 4 is 11.6 Å². The van der Waals surface area contributed by atoms with E-state index in [9.17, 15) is 0 Å². The molecule has 0 spiro atoms. The molecule has 1 aromatic carbocycles. The van der Waals surface area contributed by atoms with E-state index in [1.165, 1.54) is 11.1 Å². The topological polar surface area (TPSA) is 34.1 Å². The summed E-state index contributed by atoms with van der Waals surface area (Å²) in [6, 6.07) is 12.4. The number of morpholine rings is 1. The molecular formula is C16H17ClN2O. The quantitative estimate of drug-likeness (QED) is 0.943. The number of rotatable bonds is 3. The Morgan fingerprint density at radius 2 is 2.05 bits per heavy atom. The molecule has 0 radical (unpaired) electrons. The predicted molar refractivity (Wildman–Crippen MR) is 80.1 cm³/mol. The third kappa shape index (κ3) is 3.37. The Morgan fingerprint density at radius 3 is 2.70 bits per heavy atom. The lowest BCUT2D eigenvalue weighted by Crippen LogP contribution is -2.33. The van der Waals surface area contributed by atoms with Gasteiger partial charge < -0.3 is 10.1 Å². The molecule has 2 heterocycles. The van der Waals surface area contributed by atoms with Gasteiger partial charge in [0.15, 0.2) is 0 Å². The third-order valence-electron chi connectivity index (χ3n) is 3.45. The highest BCUT2D eigenvalue weighted by Gasteiger charge is 2.15. The van der Waals surface area contributed by atoms with Gasteiger partial charge in [-0.1, -0.05) is 35.9 Å². The van der Waals surface area contributed by atoms with Crippen molar-refractivity contribution in [1.82, 2.24) is 10.3 Å². The maximum absolute atomic E-state index is 5.84. The minimum atomic E-state index is 0.173. The van der Waals surface area contributed by atoms with E-state index in [1.54, 1.807) is 6.20 Å². The van der Waals surface area contributed by atoms with Gasteiger partial charge in [0.2, 0.25) is 0 Å². The highest BCUT2D eigenvalue weighted by molar-refractivity contribution is 6.30. The number of hydrogen-bond donors (Lipinski definition) is 1. The summed E-state index contributed by atoms with van der Waals surface area (Å²) in [5.74, 6) is 0. The Morgan fingerprint density at radius 1 is 1.20 bits per heavy atom. The van der Waals surface area contributed by atoms with E-state index in [4.69, 9.17) is 16.3 Å². The molecule has 0 saturated carbocycles. The number of ether oxygens (including phenoxy) is 1. The van der Waals surface area contributed by atoms with E-state index >= 15 is 0 Å².